The highest BCUT2D eigenvalue weighted by molar-refractivity contribution is 7.92. The standard InChI is InChI=1S/C26H27N3O4S/c1-19-17-20-5-2-3-8-25(20)29(19)34(31,32)24-7-4-6-21(18-24)26(30)27-22-9-11-23(12-10-22)28-13-15-33-16-14-28/h2-12,18-19H,13-17H2,1H3,(H,27,30). The number of nitrogens with zero attached hydrogens (tertiary/aromatic N) is 2. The summed E-state index contributed by atoms with van der Waals surface area (Å²) in [6.45, 7) is 4.99. The van der Waals surface area contributed by atoms with Crippen LogP contribution in [-0.2, 0) is 21.2 Å². The van der Waals surface area contributed by atoms with E-state index < -0.39 is 10.0 Å². The fourth-order valence-corrected chi connectivity index (χ4v) is 6.33. The lowest BCUT2D eigenvalue weighted by Crippen LogP contribution is -2.36. The normalized spacial score (nSPS) is 18.0. The molecule has 0 radical (unpaired) electrons. The van der Waals surface area contributed by atoms with E-state index in [2.05, 4.69) is 10.2 Å². The summed E-state index contributed by atoms with van der Waals surface area (Å²) >= 11 is 0. The molecule has 3 aromatic rings. The SMILES string of the molecule is CC1Cc2ccccc2N1S(=O)(=O)c1cccc(C(=O)Nc2ccc(N3CCOCC3)cc2)c1. The zero-order valence-corrected chi connectivity index (χ0v) is 19.8. The second kappa shape index (κ2) is 9.12. The Hall–Kier alpha value is -3.36. The Balaban J connectivity index is 1.34. The number of fused-ring (bicyclic) bond motifs is 1. The molecule has 0 spiro atoms. The maximum absolute atomic E-state index is 13.5. The highest BCUT2D eigenvalue weighted by atomic mass is 32.2. The van der Waals surface area contributed by atoms with Crippen LogP contribution < -0.4 is 14.5 Å². The van der Waals surface area contributed by atoms with Gasteiger partial charge in [-0.25, -0.2) is 8.42 Å². The van der Waals surface area contributed by atoms with Gasteiger partial charge in [-0.15, -0.1) is 0 Å². The quantitative estimate of drug-likeness (QED) is 0.603. The number of carbonyl (C=O) groups excluding carboxylic acids is 1. The van der Waals surface area contributed by atoms with Crippen molar-refractivity contribution in [1.29, 1.82) is 0 Å². The molecule has 1 N–H and O–H groups in total. The van der Waals surface area contributed by atoms with E-state index in [0.29, 0.717) is 36.6 Å². The van der Waals surface area contributed by atoms with Gasteiger partial charge in [0.05, 0.1) is 23.8 Å². The summed E-state index contributed by atoms with van der Waals surface area (Å²) < 4.78 is 33.9. The average molecular weight is 478 g/mol. The van der Waals surface area contributed by atoms with Crippen molar-refractivity contribution in [3.63, 3.8) is 0 Å². The van der Waals surface area contributed by atoms with Crippen LogP contribution in [0.3, 0.4) is 0 Å². The van der Waals surface area contributed by atoms with Crippen LogP contribution in [0.5, 0.6) is 0 Å². The Morgan fingerprint density at radius 3 is 2.47 bits per heavy atom. The van der Waals surface area contributed by atoms with E-state index in [9.17, 15) is 13.2 Å². The van der Waals surface area contributed by atoms with Gasteiger partial charge in [0.2, 0.25) is 0 Å². The second-order valence-corrected chi connectivity index (χ2v) is 10.4. The third-order valence-corrected chi connectivity index (χ3v) is 8.22. The molecule has 0 bridgehead atoms. The summed E-state index contributed by atoms with van der Waals surface area (Å²) in [5.74, 6) is -0.356. The first kappa shape index (κ1) is 22.4. The molecule has 1 unspecified atom stereocenters. The smallest absolute Gasteiger partial charge is 0.264 e. The molecule has 1 fully saturated rings. The molecule has 1 amide bonds. The number of para-hydroxylation sites is 1. The van der Waals surface area contributed by atoms with Gasteiger partial charge >= 0.3 is 0 Å². The first-order chi connectivity index (χ1) is 16.4. The number of rotatable bonds is 5. The fourth-order valence-electron chi connectivity index (χ4n) is 4.60. The van der Waals surface area contributed by atoms with E-state index in [-0.39, 0.29) is 16.8 Å². The van der Waals surface area contributed by atoms with E-state index in [1.807, 2.05) is 55.5 Å². The number of nitrogens with one attached hydrogen (secondary N) is 1. The van der Waals surface area contributed by atoms with Gasteiger partial charge < -0.3 is 15.0 Å². The number of hydrogen-bond acceptors (Lipinski definition) is 5. The summed E-state index contributed by atoms with van der Waals surface area (Å²) in [5, 5.41) is 2.87. The third-order valence-electron chi connectivity index (χ3n) is 6.30. The molecule has 1 atom stereocenters. The van der Waals surface area contributed by atoms with E-state index in [1.165, 1.54) is 16.4 Å². The first-order valence-corrected chi connectivity index (χ1v) is 12.8. The summed E-state index contributed by atoms with van der Waals surface area (Å²) in [6, 6.07) is 21.2. The molecule has 2 heterocycles. The summed E-state index contributed by atoms with van der Waals surface area (Å²) in [4.78, 5) is 15.3. The molecule has 1 saturated heterocycles. The molecule has 34 heavy (non-hydrogen) atoms. The van der Waals surface area contributed by atoms with Crippen LogP contribution >= 0.6 is 0 Å². The molecule has 2 aliphatic rings. The number of morpholine rings is 1. The predicted octanol–water partition coefficient (Wildman–Crippen LogP) is 3.92. The average Bonchev–Trinajstić information content (AvgIpc) is 3.21. The Bertz CT molecular complexity index is 1300. The summed E-state index contributed by atoms with van der Waals surface area (Å²) in [6.07, 6.45) is 0.663. The number of hydrogen-bond donors (Lipinski definition) is 1. The van der Waals surface area contributed by atoms with Crippen molar-refractivity contribution in [2.45, 2.75) is 24.3 Å². The lowest BCUT2D eigenvalue weighted by molar-refractivity contribution is 0.102. The van der Waals surface area contributed by atoms with Gasteiger partial charge in [-0.05, 0) is 67.4 Å². The van der Waals surface area contributed by atoms with Gasteiger partial charge in [-0.1, -0.05) is 24.3 Å². The lowest BCUT2D eigenvalue weighted by Gasteiger charge is -2.28. The highest BCUT2D eigenvalue weighted by Crippen LogP contribution is 2.36. The maximum atomic E-state index is 13.5. The van der Waals surface area contributed by atoms with Crippen LogP contribution in [0.4, 0.5) is 17.1 Å². The van der Waals surface area contributed by atoms with Crippen LogP contribution in [0.1, 0.15) is 22.8 Å². The third kappa shape index (κ3) is 4.26. The van der Waals surface area contributed by atoms with E-state index in [0.717, 1.165) is 24.3 Å². The second-order valence-electron chi connectivity index (χ2n) is 8.61. The minimum Gasteiger partial charge on any atom is -0.378 e. The predicted molar refractivity (Wildman–Crippen MR) is 133 cm³/mol. The Kier molecular flexibility index (Phi) is 6.02. The van der Waals surface area contributed by atoms with Gasteiger partial charge in [0.1, 0.15) is 0 Å². The molecular formula is C26H27N3O4S. The monoisotopic (exact) mass is 477 g/mol. The minimum absolute atomic E-state index is 0.103. The number of ether oxygens (including phenoxy) is 1. The lowest BCUT2D eigenvalue weighted by atomic mass is 10.1. The highest BCUT2D eigenvalue weighted by Gasteiger charge is 2.36. The van der Waals surface area contributed by atoms with Crippen LogP contribution in [0.25, 0.3) is 0 Å². The molecular weight excluding hydrogens is 450 g/mol. The van der Waals surface area contributed by atoms with Crippen LogP contribution in [0.2, 0.25) is 0 Å². The van der Waals surface area contributed by atoms with E-state index in [1.54, 1.807) is 12.1 Å². The van der Waals surface area contributed by atoms with Crippen LogP contribution in [0.15, 0.2) is 77.7 Å². The molecule has 0 saturated carbocycles. The molecule has 176 valence electrons. The number of anilines is 3. The van der Waals surface area contributed by atoms with Crippen molar-refractivity contribution in [2.75, 3.05) is 40.8 Å². The fraction of sp³-hybridized carbons (Fsp3) is 0.269. The van der Waals surface area contributed by atoms with Crippen molar-refractivity contribution in [3.8, 4) is 0 Å². The van der Waals surface area contributed by atoms with Crippen LogP contribution in [-0.4, -0.2) is 46.7 Å². The molecule has 5 rings (SSSR count). The van der Waals surface area contributed by atoms with Crippen molar-refractivity contribution in [2.24, 2.45) is 0 Å². The number of carbonyl (C=O) groups is 1. The largest absolute Gasteiger partial charge is 0.378 e. The van der Waals surface area contributed by atoms with Gasteiger partial charge in [-0.2, -0.15) is 0 Å². The number of amides is 1. The maximum Gasteiger partial charge on any atom is 0.264 e. The first-order valence-electron chi connectivity index (χ1n) is 11.4. The van der Waals surface area contributed by atoms with Crippen molar-refractivity contribution < 1.29 is 17.9 Å². The number of sulfonamides is 1. The Labute approximate surface area is 200 Å². The molecule has 8 heteroatoms. The van der Waals surface area contributed by atoms with Crippen LogP contribution in [0, 0.1) is 0 Å². The van der Waals surface area contributed by atoms with Gasteiger partial charge in [-0.3, -0.25) is 9.10 Å². The molecule has 3 aromatic carbocycles. The van der Waals surface area contributed by atoms with E-state index in [4.69, 9.17) is 4.74 Å². The van der Waals surface area contributed by atoms with Gasteiger partial charge in [0.15, 0.2) is 0 Å². The minimum atomic E-state index is -3.81. The zero-order valence-electron chi connectivity index (χ0n) is 19.0. The summed E-state index contributed by atoms with van der Waals surface area (Å²) in [5.41, 5.74) is 3.73. The van der Waals surface area contributed by atoms with E-state index >= 15 is 0 Å². The molecule has 0 aliphatic carbocycles. The Morgan fingerprint density at radius 2 is 1.71 bits per heavy atom. The van der Waals surface area contributed by atoms with Crippen molar-refractivity contribution >= 4 is 33.0 Å². The Morgan fingerprint density at radius 1 is 0.971 bits per heavy atom. The molecule has 7 nitrogen and oxygen atoms in total. The topological polar surface area (TPSA) is 79.0 Å². The van der Waals surface area contributed by atoms with Gasteiger partial charge in [0.25, 0.3) is 15.9 Å². The van der Waals surface area contributed by atoms with Crippen molar-refractivity contribution in [3.05, 3.63) is 83.9 Å². The summed E-state index contributed by atoms with van der Waals surface area (Å²) in [7, 11) is -3.81. The number of benzene rings is 3. The zero-order chi connectivity index (χ0) is 23.7. The molecule has 2 aliphatic heterocycles. The molecule has 0 aromatic heterocycles. The van der Waals surface area contributed by atoms with Gasteiger partial charge in [0, 0.05) is 36.1 Å². The van der Waals surface area contributed by atoms with Crippen molar-refractivity contribution in [1.82, 2.24) is 0 Å².